The van der Waals surface area contributed by atoms with Gasteiger partial charge in [-0.2, -0.15) is 10.2 Å². The standard InChI is InChI=1S/C22H18ClN5O2/c1-14-18(21(23)28(26-14)17-11-7-4-8-12-17)13-24-25-22(29)19-15(2)30-27-20(19)16-9-5-3-6-10-16/h3-13H,1-2H3,(H,25,29)/b24-13+. The average molecular weight is 420 g/mol. The summed E-state index contributed by atoms with van der Waals surface area (Å²) in [6.45, 7) is 3.51. The van der Waals surface area contributed by atoms with Gasteiger partial charge in [-0.15, -0.1) is 0 Å². The highest BCUT2D eigenvalue weighted by Crippen LogP contribution is 2.25. The first-order chi connectivity index (χ1) is 14.6. The van der Waals surface area contributed by atoms with Crippen molar-refractivity contribution < 1.29 is 9.32 Å². The Morgan fingerprint density at radius 2 is 1.77 bits per heavy atom. The van der Waals surface area contributed by atoms with E-state index in [1.807, 2.05) is 67.6 Å². The number of aromatic nitrogens is 3. The molecule has 0 saturated heterocycles. The van der Waals surface area contributed by atoms with Crippen molar-refractivity contribution in [3.05, 3.63) is 88.4 Å². The van der Waals surface area contributed by atoms with E-state index in [9.17, 15) is 4.79 Å². The first-order valence-corrected chi connectivity index (χ1v) is 9.59. The molecule has 4 aromatic rings. The Morgan fingerprint density at radius 3 is 2.47 bits per heavy atom. The summed E-state index contributed by atoms with van der Waals surface area (Å²) in [4.78, 5) is 12.7. The monoisotopic (exact) mass is 419 g/mol. The third-order valence-electron chi connectivity index (χ3n) is 4.55. The Morgan fingerprint density at radius 1 is 1.10 bits per heavy atom. The lowest BCUT2D eigenvalue weighted by Gasteiger charge is -2.02. The molecule has 4 rings (SSSR count). The molecule has 1 N–H and O–H groups in total. The maximum absolute atomic E-state index is 12.7. The molecule has 0 unspecified atom stereocenters. The molecule has 0 atom stereocenters. The number of benzene rings is 2. The predicted octanol–water partition coefficient (Wildman–Crippen LogP) is 4.56. The maximum atomic E-state index is 12.7. The first kappa shape index (κ1) is 19.6. The number of carbonyl (C=O) groups is 1. The highest BCUT2D eigenvalue weighted by molar-refractivity contribution is 6.32. The second-order valence-electron chi connectivity index (χ2n) is 6.56. The summed E-state index contributed by atoms with van der Waals surface area (Å²) >= 11 is 6.48. The van der Waals surface area contributed by atoms with Crippen LogP contribution in [0.4, 0.5) is 0 Å². The van der Waals surface area contributed by atoms with Crippen LogP contribution in [-0.4, -0.2) is 27.1 Å². The number of carbonyl (C=O) groups excluding carboxylic acids is 1. The van der Waals surface area contributed by atoms with Crippen molar-refractivity contribution in [3.8, 4) is 16.9 Å². The summed E-state index contributed by atoms with van der Waals surface area (Å²) in [6, 6.07) is 18.9. The van der Waals surface area contributed by atoms with E-state index >= 15 is 0 Å². The van der Waals surface area contributed by atoms with E-state index in [2.05, 4.69) is 20.8 Å². The van der Waals surface area contributed by atoms with E-state index in [1.165, 1.54) is 6.21 Å². The number of nitrogens with one attached hydrogen (secondary N) is 1. The van der Waals surface area contributed by atoms with Crippen LogP contribution in [0.1, 0.15) is 27.4 Å². The van der Waals surface area contributed by atoms with Crippen LogP contribution in [0.2, 0.25) is 5.15 Å². The predicted molar refractivity (Wildman–Crippen MR) is 115 cm³/mol. The van der Waals surface area contributed by atoms with Gasteiger partial charge >= 0.3 is 0 Å². The molecule has 0 fully saturated rings. The minimum Gasteiger partial charge on any atom is -0.360 e. The summed E-state index contributed by atoms with van der Waals surface area (Å²) in [7, 11) is 0. The molecule has 0 saturated carbocycles. The van der Waals surface area contributed by atoms with Crippen molar-refractivity contribution in [1.29, 1.82) is 0 Å². The molecule has 2 aromatic heterocycles. The highest BCUT2D eigenvalue weighted by atomic mass is 35.5. The number of nitrogens with zero attached hydrogens (tertiary/aromatic N) is 4. The molecule has 30 heavy (non-hydrogen) atoms. The summed E-state index contributed by atoms with van der Waals surface area (Å²) in [5.41, 5.74) is 6.25. The normalized spacial score (nSPS) is 11.2. The Bertz CT molecular complexity index is 1210. The van der Waals surface area contributed by atoms with Crippen molar-refractivity contribution in [2.45, 2.75) is 13.8 Å². The molecule has 1 amide bonds. The number of aryl methyl sites for hydroxylation is 2. The van der Waals surface area contributed by atoms with Gasteiger partial charge in [-0.3, -0.25) is 4.79 Å². The Labute approximate surface area is 178 Å². The maximum Gasteiger partial charge on any atom is 0.277 e. The molecule has 8 heteroatoms. The highest BCUT2D eigenvalue weighted by Gasteiger charge is 2.21. The number of hydrazone groups is 1. The quantitative estimate of drug-likeness (QED) is 0.379. The zero-order valence-corrected chi connectivity index (χ0v) is 17.1. The van der Waals surface area contributed by atoms with Crippen LogP contribution in [0.3, 0.4) is 0 Å². The van der Waals surface area contributed by atoms with Gasteiger partial charge in [0.25, 0.3) is 5.91 Å². The largest absolute Gasteiger partial charge is 0.360 e. The van der Waals surface area contributed by atoms with Crippen LogP contribution in [0, 0.1) is 13.8 Å². The van der Waals surface area contributed by atoms with Gasteiger partial charge in [0.1, 0.15) is 22.2 Å². The zero-order chi connectivity index (χ0) is 21.1. The van der Waals surface area contributed by atoms with Crippen molar-refractivity contribution >= 4 is 23.7 Å². The van der Waals surface area contributed by atoms with Gasteiger partial charge in [0.2, 0.25) is 0 Å². The number of amides is 1. The minimum absolute atomic E-state index is 0.334. The van der Waals surface area contributed by atoms with Crippen LogP contribution in [0.15, 0.2) is 70.3 Å². The molecule has 7 nitrogen and oxygen atoms in total. The molecule has 0 aliphatic carbocycles. The molecule has 0 radical (unpaired) electrons. The van der Waals surface area contributed by atoms with E-state index in [4.69, 9.17) is 16.1 Å². The molecule has 0 aliphatic heterocycles. The molecule has 0 bridgehead atoms. The molecule has 2 aromatic carbocycles. The average Bonchev–Trinajstić information content (AvgIpc) is 3.29. The van der Waals surface area contributed by atoms with Gasteiger partial charge in [-0.1, -0.05) is 65.3 Å². The van der Waals surface area contributed by atoms with Gasteiger partial charge in [0.15, 0.2) is 0 Å². The fourth-order valence-electron chi connectivity index (χ4n) is 3.04. The Balaban J connectivity index is 1.56. The lowest BCUT2D eigenvalue weighted by Crippen LogP contribution is -2.19. The fourth-order valence-corrected chi connectivity index (χ4v) is 3.36. The van der Waals surface area contributed by atoms with Gasteiger partial charge < -0.3 is 4.52 Å². The number of hydrogen-bond donors (Lipinski definition) is 1. The Kier molecular flexibility index (Phi) is 5.45. The van der Waals surface area contributed by atoms with Crippen molar-refractivity contribution in [2.75, 3.05) is 0 Å². The third-order valence-corrected chi connectivity index (χ3v) is 4.91. The van der Waals surface area contributed by atoms with Gasteiger partial charge in [0, 0.05) is 5.56 Å². The smallest absolute Gasteiger partial charge is 0.277 e. The topological polar surface area (TPSA) is 85.3 Å². The van der Waals surface area contributed by atoms with E-state index in [1.54, 1.807) is 11.6 Å². The summed E-state index contributed by atoms with van der Waals surface area (Å²) in [6.07, 6.45) is 1.48. The van der Waals surface area contributed by atoms with Gasteiger partial charge in [-0.25, -0.2) is 10.1 Å². The number of para-hydroxylation sites is 1. The molecule has 2 heterocycles. The lowest BCUT2D eigenvalue weighted by molar-refractivity contribution is 0.0954. The van der Waals surface area contributed by atoms with E-state index in [0.717, 1.165) is 11.3 Å². The van der Waals surface area contributed by atoms with Crippen molar-refractivity contribution in [2.24, 2.45) is 5.10 Å². The summed E-state index contributed by atoms with van der Waals surface area (Å²) < 4.78 is 6.85. The number of hydrogen-bond acceptors (Lipinski definition) is 5. The molecular weight excluding hydrogens is 402 g/mol. The lowest BCUT2D eigenvalue weighted by atomic mass is 10.1. The molecule has 0 aliphatic rings. The number of rotatable bonds is 5. The van der Waals surface area contributed by atoms with Crippen LogP contribution < -0.4 is 5.43 Å². The van der Waals surface area contributed by atoms with Crippen molar-refractivity contribution in [3.63, 3.8) is 0 Å². The third kappa shape index (κ3) is 3.75. The molecular formula is C22H18ClN5O2. The summed E-state index contributed by atoms with van der Waals surface area (Å²) in [5, 5.41) is 12.9. The van der Waals surface area contributed by atoms with Crippen LogP contribution in [0.25, 0.3) is 16.9 Å². The van der Waals surface area contributed by atoms with Crippen LogP contribution in [-0.2, 0) is 0 Å². The van der Waals surface area contributed by atoms with Gasteiger partial charge in [0.05, 0.1) is 23.2 Å². The van der Waals surface area contributed by atoms with Crippen LogP contribution in [0.5, 0.6) is 0 Å². The van der Waals surface area contributed by atoms with E-state index in [-0.39, 0.29) is 0 Å². The fraction of sp³-hybridized carbons (Fsp3) is 0.0909. The molecule has 150 valence electrons. The van der Waals surface area contributed by atoms with Crippen LogP contribution >= 0.6 is 11.6 Å². The van der Waals surface area contributed by atoms with E-state index < -0.39 is 5.91 Å². The number of halogens is 1. The minimum atomic E-state index is -0.423. The second-order valence-corrected chi connectivity index (χ2v) is 6.92. The zero-order valence-electron chi connectivity index (χ0n) is 16.3. The molecule has 0 spiro atoms. The second kappa shape index (κ2) is 8.34. The van der Waals surface area contributed by atoms with E-state index in [0.29, 0.717) is 33.4 Å². The van der Waals surface area contributed by atoms with Gasteiger partial charge in [-0.05, 0) is 26.0 Å². The first-order valence-electron chi connectivity index (χ1n) is 9.22. The SMILES string of the molecule is Cc1nn(-c2ccccc2)c(Cl)c1/C=N/NC(=O)c1c(-c2ccccc2)noc1C. The summed E-state index contributed by atoms with van der Waals surface area (Å²) in [5.74, 6) is -0.0132. The van der Waals surface area contributed by atoms with Crippen molar-refractivity contribution in [1.82, 2.24) is 20.4 Å². The Hall–Kier alpha value is -3.71.